The Bertz CT molecular complexity index is 3570. The summed E-state index contributed by atoms with van der Waals surface area (Å²) in [5.74, 6) is 0.694. The summed E-state index contributed by atoms with van der Waals surface area (Å²) in [4.78, 5) is 15.5. The lowest BCUT2D eigenvalue weighted by Crippen LogP contribution is -1.96. The summed E-state index contributed by atoms with van der Waals surface area (Å²) in [5.41, 5.74) is 13.9. The zero-order valence-electron chi connectivity index (χ0n) is 32.2. The van der Waals surface area contributed by atoms with Crippen LogP contribution in [0.25, 0.3) is 120 Å². The minimum atomic E-state index is 0.694. The quantitative estimate of drug-likeness (QED) is 0.169. The summed E-state index contributed by atoms with van der Waals surface area (Å²) < 4.78 is 9.08. The van der Waals surface area contributed by atoms with Gasteiger partial charge in [-0.25, -0.2) is 15.0 Å². The van der Waals surface area contributed by atoms with Crippen molar-refractivity contribution in [2.24, 2.45) is 0 Å². The monoisotopic (exact) mass is 783 g/mol. The highest BCUT2D eigenvalue weighted by Gasteiger charge is 2.19. The van der Waals surface area contributed by atoms with Crippen LogP contribution in [0.1, 0.15) is 0 Å². The third-order valence-electron chi connectivity index (χ3n) is 11.5. The Balaban J connectivity index is 0.922. The summed E-state index contributed by atoms with van der Waals surface area (Å²) in [7, 11) is 0. The lowest BCUT2D eigenvalue weighted by molar-refractivity contribution is 0.669. The number of hydrogen-bond acceptors (Lipinski definition) is 5. The number of aromatic nitrogens is 3. The van der Waals surface area contributed by atoms with Crippen molar-refractivity contribution in [3.8, 4) is 67.4 Å². The van der Waals surface area contributed by atoms with E-state index < -0.39 is 0 Å². The van der Waals surface area contributed by atoms with Gasteiger partial charge in [-0.05, 0) is 46.5 Å². The Labute approximate surface area is 349 Å². The normalized spacial score (nSPS) is 11.7. The maximum absolute atomic E-state index is 6.46. The van der Waals surface area contributed by atoms with Gasteiger partial charge in [0.05, 0.1) is 16.9 Å². The molecule has 8 aromatic carbocycles. The lowest BCUT2D eigenvalue weighted by Gasteiger charge is -2.11. The molecule has 0 aliphatic carbocycles. The summed E-state index contributed by atoms with van der Waals surface area (Å²) in [6.07, 6.45) is 0. The topological polar surface area (TPSA) is 51.8 Å². The first-order valence-corrected chi connectivity index (χ1v) is 20.9. The van der Waals surface area contributed by atoms with Crippen LogP contribution < -0.4 is 0 Å². The van der Waals surface area contributed by atoms with Crippen molar-refractivity contribution in [1.82, 2.24) is 15.0 Å². The molecule has 0 aliphatic heterocycles. The molecule has 0 aliphatic rings. The summed E-state index contributed by atoms with van der Waals surface area (Å²) in [6.45, 7) is 0. The van der Waals surface area contributed by atoms with Crippen molar-refractivity contribution in [3.05, 3.63) is 200 Å². The van der Waals surface area contributed by atoms with Crippen LogP contribution >= 0.6 is 11.3 Å². The molecular weight excluding hydrogens is 751 g/mol. The molecule has 0 spiro atoms. The van der Waals surface area contributed by atoms with E-state index in [1.54, 1.807) is 0 Å². The molecule has 0 atom stereocenters. The molecule has 0 unspecified atom stereocenters. The van der Waals surface area contributed by atoms with E-state index in [0.29, 0.717) is 5.82 Å². The maximum atomic E-state index is 6.46. The number of para-hydroxylation sites is 1. The van der Waals surface area contributed by atoms with Gasteiger partial charge in [-0.1, -0.05) is 176 Å². The van der Waals surface area contributed by atoms with Crippen molar-refractivity contribution in [2.45, 2.75) is 0 Å². The van der Waals surface area contributed by atoms with Crippen LogP contribution in [-0.4, -0.2) is 15.0 Å². The summed E-state index contributed by atoms with van der Waals surface area (Å²) in [5, 5.41) is 5.86. The molecule has 0 fully saturated rings. The number of fused-ring (bicyclic) bond motifs is 8. The van der Waals surface area contributed by atoms with E-state index in [4.69, 9.17) is 19.4 Å². The zero-order chi connectivity index (χ0) is 39.6. The highest BCUT2D eigenvalue weighted by molar-refractivity contribution is 7.26. The van der Waals surface area contributed by atoms with Gasteiger partial charge < -0.3 is 4.42 Å². The number of hydrogen-bond donors (Lipinski definition) is 0. The molecule has 0 saturated carbocycles. The minimum Gasteiger partial charge on any atom is -0.454 e. The average Bonchev–Trinajstić information content (AvgIpc) is 3.91. The van der Waals surface area contributed by atoms with Crippen molar-refractivity contribution in [3.63, 3.8) is 0 Å². The number of thiophene rings is 1. The Hall–Kier alpha value is -7.73. The number of nitrogens with zero attached hydrogens (tertiary/aromatic N) is 3. The molecule has 280 valence electrons. The second-order valence-electron chi connectivity index (χ2n) is 15.1. The van der Waals surface area contributed by atoms with E-state index >= 15 is 0 Å². The van der Waals surface area contributed by atoms with Crippen LogP contribution in [0.5, 0.6) is 0 Å². The first kappa shape index (κ1) is 34.3. The summed E-state index contributed by atoms with van der Waals surface area (Å²) >= 11 is 1.86. The van der Waals surface area contributed by atoms with Crippen LogP contribution in [0, 0.1) is 0 Å². The van der Waals surface area contributed by atoms with Gasteiger partial charge in [0.2, 0.25) is 0 Å². The van der Waals surface area contributed by atoms with E-state index in [-0.39, 0.29) is 0 Å². The lowest BCUT2D eigenvalue weighted by atomic mass is 9.98. The molecule has 4 nitrogen and oxygen atoms in total. The average molecular weight is 784 g/mol. The molecule has 4 heterocycles. The Morgan fingerprint density at radius 1 is 0.383 bits per heavy atom. The first-order chi connectivity index (χ1) is 29.7. The van der Waals surface area contributed by atoms with Crippen LogP contribution in [0.2, 0.25) is 0 Å². The van der Waals surface area contributed by atoms with E-state index in [0.717, 1.165) is 83.3 Å². The van der Waals surface area contributed by atoms with Gasteiger partial charge in [0.1, 0.15) is 11.3 Å². The smallest absolute Gasteiger partial charge is 0.162 e. The van der Waals surface area contributed by atoms with E-state index in [9.17, 15) is 0 Å². The van der Waals surface area contributed by atoms with E-state index in [2.05, 4.69) is 152 Å². The van der Waals surface area contributed by atoms with Crippen molar-refractivity contribution < 1.29 is 4.42 Å². The highest BCUT2D eigenvalue weighted by atomic mass is 32.1. The molecule has 60 heavy (non-hydrogen) atoms. The molecular formula is C55H33N3OS. The standard InChI is InChI=1S/C55H33N3OS/c1-3-12-38(13-4-1)52-53-51(45-17-7-9-20-49(45)59-53)44-31-30-40(32-48(44)56-52)34-22-26-36(27-23-34)46-33-47(58-55(57-46)39-14-5-2-6-15-39)37-28-24-35(25-29-37)41-18-11-19-43-42-16-8-10-21-50(42)60-54(41)43/h1-33H. The number of rotatable bonds is 6. The fraction of sp³-hybridized carbons (Fsp3) is 0. The van der Waals surface area contributed by atoms with Gasteiger partial charge in [-0.3, -0.25) is 0 Å². The van der Waals surface area contributed by atoms with Gasteiger partial charge in [-0.15, -0.1) is 11.3 Å². The van der Waals surface area contributed by atoms with Crippen LogP contribution in [-0.2, 0) is 0 Å². The fourth-order valence-electron chi connectivity index (χ4n) is 8.55. The second kappa shape index (κ2) is 14.0. The van der Waals surface area contributed by atoms with Crippen molar-refractivity contribution >= 4 is 64.4 Å². The van der Waals surface area contributed by atoms with Gasteiger partial charge in [0, 0.05) is 58.6 Å². The van der Waals surface area contributed by atoms with Gasteiger partial charge >= 0.3 is 0 Å². The van der Waals surface area contributed by atoms with E-state index in [1.165, 1.54) is 31.3 Å². The van der Waals surface area contributed by atoms with Crippen LogP contribution in [0.4, 0.5) is 0 Å². The van der Waals surface area contributed by atoms with Gasteiger partial charge in [-0.2, -0.15) is 0 Å². The molecule has 0 radical (unpaired) electrons. The maximum Gasteiger partial charge on any atom is 0.162 e. The third kappa shape index (κ3) is 5.78. The molecule has 5 heteroatoms. The first-order valence-electron chi connectivity index (χ1n) is 20.1. The minimum absolute atomic E-state index is 0.694. The molecule has 0 N–H and O–H groups in total. The number of furan rings is 1. The number of benzene rings is 8. The Kier molecular flexibility index (Phi) is 8.00. The third-order valence-corrected chi connectivity index (χ3v) is 12.7. The Morgan fingerprint density at radius 3 is 1.73 bits per heavy atom. The van der Waals surface area contributed by atoms with E-state index in [1.807, 2.05) is 59.9 Å². The second-order valence-corrected chi connectivity index (χ2v) is 16.2. The molecule has 12 rings (SSSR count). The fourth-order valence-corrected chi connectivity index (χ4v) is 9.78. The zero-order valence-corrected chi connectivity index (χ0v) is 33.0. The molecule has 0 bridgehead atoms. The van der Waals surface area contributed by atoms with Gasteiger partial charge in [0.25, 0.3) is 0 Å². The highest BCUT2D eigenvalue weighted by Crippen LogP contribution is 2.42. The van der Waals surface area contributed by atoms with Gasteiger partial charge in [0.15, 0.2) is 11.4 Å². The molecule has 12 aromatic rings. The van der Waals surface area contributed by atoms with Crippen molar-refractivity contribution in [2.75, 3.05) is 0 Å². The predicted octanol–water partition coefficient (Wildman–Crippen LogP) is 15.3. The Morgan fingerprint density at radius 2 is 0.983 bits per heavy atom. The number of pyridine rings is 1. The largest absolute Gasteiger partial charge is 0.454 e. The summed E-state index contributed by atoms with van der Waals surface area (Å²) in [6, 6.07) is 70.2. The molecule has 0 amide bonds. The van der Waals surface area contributed by atoms with Crippen LogP contribution in [0.15, 0.2) is 205 Å². The SMILES string of the molecule is c1ccc(-c2nc(-c3ccc(-c4ccc5c(c4)nc(-c4ccccc4)c4oc6ccccc6c45)cc3)cc(-c3ccc(-c4cccc5c4sc4ccccc45)cc3)n2)cc1. The molecule has 0 saturated heterocycles. The molecule has 4 aromatic heterocycles. The van der Waals surface area contributed by atoms with Crippen molar-refractivity contribution in [1.29, 1.82) is 0 Å². The van der Waals surface area contributed by atoms with Crippen LogP contribution in [0.3, 0.4) is 0 Å². The predicted molar refractivity (Wildman–Crippen MR) is 250 cm³/mol.